The van der Waals surface area contributed by atoms with Gasteiger partial charge in [-0.2, -0.15) is 0 Å². The molecule has 0 unspecified atom stereocenters. The lowest BCUT2D eigenvalue weighted by molar-refractivity contribution is -0.117. The first-order valence-electron chi connectivity index (χ1n) is 8.06. The molecular weight excluding hydrogens is 337 g/mol. The summed E-state index contributed by atoms with van der Waals surface area (Å²) in [6.45, 7) is 0.532. The van der Waals surface area contributed by atoms with Crippen LogP contribution in [0, 0.1) is 5.82 Å². The standard InChI is InChI=1S/C19H22FN3O3/c1-21-19(25)14-5-4-6-15(10-14)22-18(24)12-23(2)11-13-7-8-17(26-3)16(20)9-13/h4-10H,11-12H2,1-3H3,(H,21,25)(H,22,24). The second-order valence-corrected chi connectivity index (χ2v) is 5.85. The van der Waals surface area contributed by atoms with Crippen LogP contribution in [0.2, 0.25) is 0 Å². The first-order valence-corrected chi connectivity index (χ1v) is 8.06. The van der Waals surface area contributed by atoms with Crippen LogP contribution >= 0.6 is 0 Å². The third-order valence-electron chi connectivity index (χ3n) is 3.72. The maximum absolute atomic E-state index is 13.7. The Morgan fingerprint density at radius 2 is 1.96 bits per heavy atom. The quantitative estimate of drug-likeness (QED) is 0.796. The number of nitrogens with one attached hydrogen (secondary N) is 2. The molecule has 0 fully saturated rings. The number of likely N-dealkylation sites (N-methyl/N-ethyl adjacent to an activating group) is 1. The number of hydrogen-bond acceptors (Lipinski definition) is 4. The van der Waals surface area contributed by atoms with E-state index in [2.05, 4.69) is 10.6 Å². The Bertz CT molecular complexity index is 795. The van der Waals surface area contributed by atoms with Crippen molar-refractivity contribution in [1.29, 1.82) is 0 Å². The minimum atomic E-state index is -0.436. The van der Waals surface area contributed by atoms with Crippen LogP contribution in [-0.4, -0.2) is 44.5 Å². The van der Waals surface area contributed by atoms with E-state index < -0.39 is 5.82 Å². The lowest BCUT2D eigenvalue weighted by Gasteiger charge is -2.17. The van der Waals surface area contributed by atoms with Gasteiger partial charge in [0.25, 0.3) is 5.91 Å². The molecule has 138 valence electrons. The highest BCUT2D eigenvalue weighted by atomic mass is 19.1. The second-order valence-electron chi connectivity index (χ2n) is 5.85. The smallest absolute Gasteiger partial charge is 0.251 e. The van der Waals surface area contributed by atoms with Gasteiger partial charge in [-0.3, -0.25) is 14.5 Å². The average molecular weight is 359 g/mol. The normalized spacial score (nSPS) is 10.5. The SMILES string of the molecule is CNC(=O)c1cccc(NC(=O)CN(C)Cc2ccc(OC)c(F)c2)c1. The minimum absolute atomic E-state index is 0.123. The predicted molar refractivity (Wildman–Crippen MR) is 97.7 cm³/mol. The van der Waals surface area contributed by atoms with Crippen molar-refractivity contribution in [2.24, 2.45) is 0 Å². The van der Waals surface area contributed by atoms with E-state index in [1.807, 2.05) is 0 Å². The molecule has 2 aromatic carbocycles. The molecular formula is C19H22FN3O3. The highest BCUT2D eigenvalue weighted by Crippen LogP contribution is 2.18. The Morgan fingerprint density at radius 3 is 2.62 bits per heavy atom. The largest absolute Gasteiger partial charge is 0.494 e. The zero-order valence-electron chi connectivity index (χ0n) is 15.0. The summed E-state index contributed by atoms with van der Waals surface area (Å²) in [6, 6.07) is 11.4. The topological polar surface area (TPSA) is 70.7 Å². The molecule has 0 atom stereocenters. The van der Waals surface area contributed by atoms with E-state index in [4.69, 9.17) is 4.74 Å². The van der Waals surface area contributed by atoms with Gasteiger partial charge in [0, 0.05) is 24.8 Å². The Balaban J connectivity index is 1.93. The van der Waals surface area contributed by atoms with Gasteiger partial charge in [0.2, 0.25) is 5.91 Å². The summed E-state index contributed by atoms with van der Waals surface area (Å²) in [4.78, 5) is 25.6. The first-order chi connectivity index (χ1) is 12.4. The Labute approximate surface area is 152 Å². The van der Waals surface area contributed by atoms with Gasteiger partial charge >= 0.3 is 0 Å². The van der Waals surface area contributed by atoms with E-state index in [0.717, 1.165) is 5.56 Å². The lowest BCUT2D eigenvalue weighted by Crippen LogP contribution is -2.30. The van der Waals surface area contributed by atoms with Crippen LogP contribution in [0.25, 0.3) is 0 Å². The Kier molecular flexibility index (Phi) is 6.68. The summed E-state index contributed by atoms with van der Waals surface area (Å²) in [5.74, 6) is -0.700. The number of nitrogens with zero attached hydrogens (tertiary/aromatic N) is 1. The number of halogens is 1. The molecule has 0 aliphatic rings. The number of ether oxygens (including phenoxy) is 1. The summed E-state index contributed by atoms with van der Waals surface area (Å²) >= 11 is 0. The predicted octanol–water partition coefficient (Wildman–Crippen LogP) is 2.26. The number of anilines is 1. The molecule has 0 aliphatic carbocycles. The zero-order chi connectivity index (χ0) is 19.1. The van der Waals surface area contributed by atoms with Gasteiger partial charge in [-0.1, -0.05) is 12.1 Å². The van der Waals surface area contributed by atoms with Crippen LogP contribution < -0.4 is 15.4 Å². The summed E-state index contributed by atoms with van der Waals surface area (Å²) in [5, 5.41) is 5.29. The van der Waals surface area contributed by atoms with Gasteiger partial charge in [-0.15, -0.1) is 0 Å². The molecule has 0 heterocycles. The molecule has 7 heteroatoms. The van der Waals surface area contributed by atoms with Crippen LogP contribution in [0.15, 0.2) is 42.5 Å². The molecule has 0 aromatic heterocycles. The van der Waals surface area contributed by atoms with E-state index in [9.17, 15) is 14.0 Å². The van der Waals surface area contributed by atoms with E-state index in [-0.39, 0.29) is 24.1 Å². The van der Waals surface area contributed by atoms with Crippen LogP contribution in [-0.2, 0) is 11.3 Å². The summed E-state index contributed by atoms with van der Waals surface area (Å²) in [6.07, 6.45) is 0. The van der Waals surface area contributed by atoms with Crippen molar-refractivity contribution in [2.75, 3.05) is 33.1 Å². The fourth-order valence-corrected chi connectivity index (χ4v) is 2.50. The van der Waals surface area contributed by atoms with E-state index >= 15 is 0 Å². The third-order valence-corrected chi connectivity index (χ3v) is 3.72. The number of carbonyl (C=O) groups excluding carboxylic acids is 2. The lowest BCUT2D eigenvalue weighted by atomic mass is 10.2. The van der Waals surface area contributed by atoms with Gasteiger partial charge in [-0.05, 0) is 42.9 Å². The molecule has 2 aromatic rings. The molecule has 0 aliphatic heterocycles. The van der Waals surface area contributed by atoms with Crippen molar-refractivity contribution < 1.29 is 18.7 Å². The summed E-state index contributed by atoms with van der Waals surface area (Å²) in [5.41, 5.74) is 1.74. The fraction of sp³-hybridized carbons (Fsp3) is 0.263. The highest BCUT2D eigenvalue weighted by Gasteiger charge is 2.11. The molecule has 2 amide bonds. The number of methoxy groups -OCH3 is 1. The van der Waals surface area contributed by atoms with Crippen LogP contribution in [0.5, 0.6) is 5.75 Å². The highest BCUT2D eigenvalue weighted by molar-refractivity contribution is 5.97. The molecule has 0 saturated heterocycles. The van der Waals surface area contributed by atoms with Crippen molar-refractivity contribution in [3.05, 3.63) is 59.4 Å². The van der Waals surface area contributed by atoms with E-state index in [0.29, 0.717) is 17.8 Å². The minimum Gasteiger partial charge on any atom is -0.494 e. The van der Waals surface area contributed by atoms with Gasteiger partial charge in [0.1, 0.15) is 0 Å². The number of rotatable bonds is 7. The molecule has 0 saturated carbocycles. The molecule has 2 rings (SSSR count). The number of hydrogen-bond donors (Lipinski definition) is 2. The maximum atomic E-state index is 13.7. The zero-order valence-corrected chi connectivity index (χ0v) is 15.0. The van der Waals surface area contributed by atoms with Crippen LogP contribution in [0.4, 0.5) is 10.1 Å². The Hall–Kier alpha value is -2.93. The van der Waals surface area contributed by atoms with Crippen molar-refractivity contribution in [3.63, 3.8) is 0 Å². The molecule has 0 radical (unpaired) electrons. The maximum Gasteiger partial charge on any atom is 0.251 e. The molecule has 6 nitrogen and oxygen atoms in total. The van der Waals surface area contributed by atoms with E-state index in [1.54, 1.807) is 55.4 Å². The van der Waals surface area contributed by atoms with Crippen molar-refractivity contribution >= 4 is 17.5 Å². The monoisotopic (exact) mass is 359 g/mol. The average Bonchev–Trinajstić information content (AvgIpc) is 2.61. The van der Waals surface area contributed by atoms with Gasteiger partial charge in [0.15, 0.2) is 11.6 Å². The van der Waals surface area contributed by atoms with Crippen LogP contribution in [0.3, 0.4) is 0 Å². The van der Waals surface area contributed by atoms with Crippen molar-refractivity contribution in [1.82, 2.24) is 10.2 Å². The van der Waals surface area contributed by atoms with Gasteiger partial charge in [-0.25, -0.2) is 4.39 Å². The number of benzene rings is 2. The summed E-state index contributed by atoms with van der Waals surface area (Å²) in [7, 11) is 4.72. The van der Waals surface area contributed by atoms with Crippen molar-refractivity contribution in [2.45, 2.75) is 6.54 Å². The molecule has 0 spiro atoms. The first kappa shape index (κ1) is 19.4. The Morgan fingerprint density at radius 1 is 1.19 bits per heavy atom. The third kappa shape index (κ3) is 5.29. The molecule has 2 N–H and O–H groups in total. The second kappa shape index (κ2) is 8.96. The molecule has 0 bridgehead atoms. The summed E-state index contributed by atoms with van der Waals surface area (Å²) < 4.78 is 18.6. The van der Waals surface area contributed by atoms with Gasteiger partial charge in [0.05, 0.1) is 13.7 Å². The van der Waals surface area contributed by atoms with Crippen molar-refractivity contribution in [3.8, 4) is 5.75 Å². The fourth-order valence-electron chi connectivity index (χ4n) is 2.50. The van der Waals surface area contributed by atoms with Crippen LogP contribution in [0.1, 0.15) is 15.9 Å². The van der Waals surface area contributed by atoms with E-state index in [1.165, 1.54) is 13.2 Å². The van der Waals surface area contributed by atoms with Gasteiger partial charge < -0.3 is 15.4 Å². The number of carbonyl (C=O) groups is 2. The number of amides is 2. The molecule has 26 heavy (non-hydrogen) atoms.